The highest BCUT2D eigenvalue weighted by Gasteiger charge is 2.33. The van der Waals surface area contributed by atoms with Gasteiger partial charge in [0.05, 0.1) is 19.3 Å². The number of amides is 1. The molecular formula is C13H24N2O3. The van der Waals surface area contributed by atoms with Crippen molar-refractivity contribution in [2.24, 2.45) is 0 Å². The minimum absolute atomic E-state index is 0.163. The van der Waals surface area contributed by atoms with Crippen molar-refractivity contribution in [1.82, 2.24) is 9.80 Å². The van der Waals surface area contributed by atoms with E-state index in [4.69, 9.17) is 4.74 Å². The van der Waals surface area contributed by atoms with Crippen LogP contribution in [0.3, 0.4) is 0 Å². The van der Waals surface area contributed by atoms with Crippen LogP contribution in [-0.4, -0.2) is 72.9 Å². The zero-order chi connectivity index (χ0) is 13.0. The minimum atomic E-state index is -0.253. The molecule has 0 aromatic rings. The molecule has 0 bridgehead atoms. The number of ether oxygens (including phenoxy) is 1. The molecule has 1 saturated carbocycles. The van der Waals surface area contributed by atoms with Gasteiger partial charge in [-0.25, -0.2) is 0 Å². The van der Waals surface area contributed by atoms with E-state index in [1.165, 1.54) is 6.42 Å². The Morgan fingerprint density at radius 3 is 2.78 bits per heavy atom. The van der Waals surface area contributed by atoms with Crippen LogP contribution in [0, 0.1) is 0 Å². The van der Waals surface area contributed by atoms with Crippen molar-refractivity contribution in [3.63, 3.8) is 0 Å². The van der Waals surface area contributed by atoms with Crippen molar-refractivity contribution in [2.75, 3.05) is 39.9 Å². The van der Waals surface area contributed by atoms with E-state index >= 15 is 0 Å². The molecule has 2 atom stereocenters. The fourth-order valence-electron chi connectivity index (χ4n) is 2.97. The highest BCUT2D eigenvalue weighted by molar-refractivity contribution is 5.79. The van der Waals surface area contributed by atoms with Gasteiger partial charge in [-0.3, -0.25) is 9.69 Å². The predicted octanol–water partition coefficient (Wildman–Crippen LogP) is 0.0805. The first-order valence-corrected chi connectivity index (χ1v) is 6.91. The first kappa shape index (κ1) is 13.8. The molecule has 1 amide bonds. The van der Waals surface area contributed by atoms with Crippen molar-refractivity contribution in [1.29, 1.82) is 0 Å². The Morgan fingerprint density at radius 1 is 1.33 bits per heavy atom. The summed E-state index contributed by atoms with van der Waals surface area (Å²) < 4.78 is 5.01. The Hall–Kier alpha value is -0.650. The first-order chi connectivity index (χ1) is 8.72. The number of aliphatic hydroxyl groups excluding tert-OH is 1. The zero-order valence-corrected chi connectivity index (χ0v) is 11.2. The molecule has 104 valence electrons. The largest absolute Gasteiger partial charge is 0.391 e. The van der Waals surface area contributed by atoms with Crippen molar-refractivity contribution in [3.8, 4) is 0 Å². The molecule has 1 aliphatic heterocycles. The Morgan fingerprint density at radius 2 is 2.11 bits per heavy atom. The van der Waals surface area contributed by atoms with E-state index in [1.807, 2.05) is 4.90 Å². The summed E-state index contributed by atoms with van der Waals surface area (Å²) in [6.45, 7) is 3.35. The van der Waals surface area contributed by atoms with E-state index in [9.17, 15) is 9.90 Å². The van der Waals surface area contributed by atoms with Crippen molar-refractivity contribution < 1.29 is 14.6 Å². The lowest BCUT2D eigenvalue weighted by Crippen LogP contribution is -2.57. The number of hydrogen-bond acceptors (Lipinski definition) is 4. The van der Waals surface area contributed by atoms with Crippen LogP contribution >= 0.6 is 0 Å². The number of rotatable bonds is 4. The Balaban J connectivity index is 1.85. The third kappa shape index (κ3) is 3.22. The van der Waals surface area contributed by atoms with Crippen molar-refractivity contribution in [3.05, 3.63) is 0 Å². The van der Waals surface area contributed by atoms with Gasteiger partial charge in [0.15, 0.2) is 0 Å². The summed E-state index contributed by atoms with van der Waals surface area (Å²) in [5.41, 5.74) is 0. The smallest absolute Gasteiger partial charge is 0.236 e. The van der Waals surface area contributed by atoms with Crippen LogP contribution in [-0.2, 0) is 9.53 Å². The van der Waals surface area contributed by atoms with E-state index in [1.54, 1.807) is 7.11 Å². The summed E-state index contributed by atoms with van der Waals surface area (Å²) in [5.74, 6) is 0.163. The lowest BCUT2D eigenvalue weighted by atomic mass is 9.91. The van der Waals surface area contributed by atoms with Crippen LogP contribution in [0.4, 0.5) is 0 Å². The zero-order valence-electron chi connectivity index (χ0n) is 11.2. The molecule has 2 aliphatic rings. The summed E-state index contributed by atoms with van der Waals surface area (Å²) in [6.07, 6.45) is 3.92. The number of carbonyl (C=O) groups is 1. The summed E-state index contributed by atoms with van der Waals surface area (Å²) in [7, 11) is 1.65. The Labute approximate surface area is 109 Å². The van der Waals surface area contributed by atoms with E-state index < -0.39 is 0 Å². The average Bonchev–Trinajstić information content (AvgIpc) is 2.38. The van der Waals surface area contributed by atoms with Crippen LogP contribution in [0.1, 0.15) is 25.7 Å². The molecule has 2 rings (SSSR count). The Bertz CT molecular complexity index is 285. The quantitative estimate of drug-likeness (QED) is 0.774. The van der Waals surface area contributed by atoms with E-state index in [-0.39, 0.29) is 18.1 Å². The fourth-order valence-corrected chi connectivity index (χ4v) is 2.97. The van der Waals surface area contributed by atoms with Gasteiger partial charge in [-0.2, -0.15) is 0 Å². The molecule has 2 unspecified atom stereocenters. The van der Waals surface area contributed by atoms with E-state index in [0.29, 0.717) is 19.7 Å². The molecule has 5 heteroatoms. The highest BCUT2D eigenvalue weighted by atomic mass is 16.5. The summed E-state index contributed by atoms with van der Waals surface area (Å²) in [5, 5.41) is 10.0. The van der Waals surface area contributed by atoms with Gasteiger partial charge in [0.1, 0.15) is 0 Å². The van der Waals surface area contributed by atoms with Gasteiger partial charge in [-0.1, -0.05) is 12.8 Å². The van der Waals surface area contributed by atoms with Gasteiger partial charge in [-0.05, 0) is 12.8 Å². The molecule has 0 aromatic carbocycles. The molecule has 1 N–H and O–H groups in total. The molecule has 1 heterocycles. The predicted molar refractivity (Wildman–Crippen MR) is 68.3 cm³/mol. The average molecular weight is 256 g/mol. The third-order valence-electron chi connectivity index (χ3n) is 4.08. The van der Waals surface area contributed by atoms with Crippen LogP contribution in [0.2, 0.25) is 0 Å². The summed E-state index contributed by atoms with van der Waals surface area (Å²) >= 11 is 0. The molecule has 1 aliphatic carbocycles. The van der Waals surface area contributed by atoms with Crippen LogP contribution in [0.5, 0.6) is 0 Å². The molecule has 5 nitrogen and oxygen atoms in total. The molecule has 0 spiro atoms. The minimum Gasteiger partial charge on any atom is -0.391 e. The molecule has 18 heavy (non-hydrogen) atoms. The SMILES string of the molecule is COCCN1CCN(C2CCCCC2O)CC1=O. The number of carbonyl (C=O) groups excluding carboxylic acids is 1. The molecule has 2 fully saturated rings. The maximum absolute atomic E-state index is 12.0. The van der Waals surface area contributed by atoms with E-state index in [0.717, 1.165) is 32.4 Å². The van der Waals surface area contributed by atoms with Crippen LogP contribution in [0.15, 0.2) is 0 Å². The van der Waals surface area contributed by atoms with Crippen LogP contribution < -0.4 is 0 Å². The molecule has 0 aromatic heterocycles. The monoisotopic (exact) mass is 256 g/mol. The number of methoxy groups -OCH3 is 1. The highest BCUT2D eigenvalue weighted by Crippen LogP contribution is 2.24. The maximum Gasteiger partial charge on any atom is 0.236 e. The second kappa shape index (κ2) is 6.50. The third-order valence-corrected chi connectivity index (χ3v) is 4.08. The van der Waals surface area contributed by atoms with Crippen molar-refractivity contribution >= 4 is 5.91 Å². The lowest BCUT2D eigenvalue weighted by molar-refractivity contribution is -0.139. The Kier molecular flexibility index (Phi) is 4.97. The van der Waals surface area contributed by atoms with Gasteiger partial charge < -0.3 is 14.7 Å². The normalized spacial score (nSPS) is 30.8. The number of piperazine rings is 1. The number of nitrogens with zero attached hydrogens (tertiary/aromatic N) is 2. The van der Waals surface area contributed by atoms with Crippen LogP contribution in [0.25, 0.3) is 0 Å². The number of hydrogen-bond donors (Lipinski definition) is 1. The van der Waals surface area contributed by atoms with Gasteiger partial charge in [-0.15, -0.1) is 0 Å². The summed E-state index contributed by atoms with van der Waals surface area (Å²) in [6, 6.07) is 0.187. The lowest BCUT2D eigenvalue weighted by Gasteiger charge is -2.42. The molecule has 0 radical (unpaired) electrons. The second-order valence-electron chi connectivity index (χ2n) is 5.26. The van der Waals surface area contributed by atoms with Gasteiger partial charge in [0.2, 0.25) is 5.91 Å². The maximum atomic E-state index is 12.0. The molecule has 1 saturated heterocycles. The topological polar surface area (TPSA) is 53.0 Å². The standard InChI is InChI=1S/C13H24N2O3/c1-18-9-8-14-6-7-15(10-13(14)17)11-4-2-3-5-12(11)16/h11-12,16H,2-10H2,1H3. The van der Waals surface area contributed by atoms with Gasteiger partial charge in [0.25, 0.3) is 0 Å². The second-order valence-corrected chi connectivity index (χ2v) is 5.26. The van der Waals surface area contributed by atoms with Crippen molar-refractivity contribution in [2.45, 2.75) is 37.8 Å². The van der Waals surface area contributed by atoms with Gasteiger partial charge >= 0.3 is 0 Å². The first-order valence-electron chi connectivity index (χ1n) is 6.91. The van der Waals surface area contributed by atoms with E-state index in [2.05, 4.69) is 4.90 Å². The van der Waals surface area contributed by atoms with Gasteiger partial charge in [0, 0.05) is 32.8 Å². The molecular weight excluding hydrogens is 232 g/mol. The number of aliphatic hydroxyl groups is 1. The fraction of sp³-hybridized carbons (Fsp3) is 0.923. The summed E-state index contributed by atoms with van der Waals surface area (Å²) in [4.78, 5) is 16.0.